The van der Waals surface area contributed by atoms with Gasteiger partial charge in [-0.25, -0.2) is 0 Å². The molecule has 57 valence electrons. The van der Waals surface area contributed by atoms with Gasteiger partial charge in [0.05, 0.1) is 6.54 Å². The van der Waals surface area contributed by atoms with E-state index in [9.17, 15) is 0 Å². The van der Waals surface area contributed by atoms with Gasteiger partial charge in [-0.1, -0.05) is 32.1 Å². The minimum atomic E-state index is 0.699. The fourth-order valence-electron chi connectivity index (χ4n) is 0.764. The third-order valence-electron chi connectivity index (χ3n) is 1.33. The fourth-order valence-corrected chi connectivity index (χ4v) is 0.764. The molecule has 1 heteroatoms. The average Bonchev–Trinajstić information content (AvgIpc) is 1.97. The van der Waals surface area contributed by atoms with Crippen molar-refractivity contribution in [3.8, 4) is 12.3 Å². The van der Waals surface area contributed by atoms with Crippen molar-refractivity contribution in [1.29, 1.82) is 0 Å². The number of unbranched alkanes of at least 4 members (excludes halogenated alkanes) is 3. The first-order chi connectivity index (χ1) is 4.91. The Hall–Kier alpha value is -0.480. The molecule has 0 saturated carbocycles. The summed E-state index contributed by atoms with van der Waals surface area (Å²) in [7, 11) is 0. The summed E-state index contributed by atoms with van der Waals surface area (Å²) < 4.78 is 0. The quantitative estimate of drug-likeness (QED) is 0.434. The number of hydrogen-bond donors (Lipinski definition) is 1. The van der Waals surface area contributed by atoms with Crippen molar-refractivity contribution in [3.05, 3.63) is 6.92 Å². The van der Waals surface area contributed by atoms with Crippen LogP contribution in [-0.2, 0) is 0 Å². The highest BCUT2D eigenvalue weighted by molar-refractivity contribution is 4.86. The van der Waals surface area contributed by atoms with E-state index >= 15 is 0 Å². The molecule has 0 aliphatic heterocycles. The van der Waals surface area contributed by atoms with Crippen molar-refractivity contribution in [2.45, 2.75) is 25.7 Å². The molecule has 0 fully saturated rings. The van der Waals surface area contributed by atoms with Crippen LogP contribution in [0.5, 0.6) is 0 Å². The Balaban J connectivity index is 2.72. The van der Waals surface area contributed by atoms with E-state index in [2.05, 4.69) is 18.2 Å². The maximum atomic E-state index is 5.05. The average molecular weight is 138 g/mol. The van der Waals surface area contributed by atoms with Crippen LogP contribution in [0.4, 0.5) is 0 Å². The first-order valence-electron chi connectivity index (χ1n) is 3.85. The normalized spacial score (nSPS) is 9.20. The molecule has 1 nitrogen and oxygen atoms in total. The van der Waals surface area contributed by atoms with Gasteiger partial charge >= 0.3 is 0 Å². The second-order valence-corrected chi connectivity index (χ2v) is 2.30. The monoisotopic (exact) mass is 138 g/mol. The van der Waals surface area contributed by atoms with Crippen LogP contribution in [-0.4, -0.2) is 13.1 Å². The molecule has 0 rings (SSSR count). The van der Waals surface area contributed by atoms with Crippen LogP contribution in [0.2, 0.25) is 0 Å². The highest BCUT2D eigenvalue weighted by Gasteiger charge is 1.85. The van der Waals surface area contributed by atoms with E-state index in [1.165, 1.54) is 19.3 Å². The molecule has 10 heavy (non-hydrogen) atoms. The topological polar surface area (TPSA) is 12.0 Å². The van der Waals surface area contributed by atoms with Crippen LogP contribution in [0.15, 0.2) is 0 Å². The van der Waals surface area contributed by atoms with Crippen LogP contribution < -0.4 is 5.32 Å². The molecule has 0 aliphatic carbocycles. The molecule has 0 atom stereocenters. The maximum absolute atomic E-state index is 5.05. The lowest BCUT2D eigenvalue weighted by Crippen LogP contribution is -2.14. The SMILES string of the molecule is C#CCNCCCCC[CH2]. The number of nitrogens with one attached hydrogen (secondary N) is 1. The third-order valence-corrected chi connectivity index (χ3v) is 1.33. The fraction of sp³-hybridized carbons (Fsp3) is 0.667. The van der Waals surface area contributed by atoms with Crippen LogP contribution in [0.25, 0.3) is 0 Å². The largest absolute Gasteiger partial charge is 0.306 e. The Kier molecular flexibility index (Phi) is 8.11. The van der Waals surface area contributed by atoms with Gasteiger partial charge in [0.1, 0.15) is 0 Å². The minimum absolute atomic E-state index is 0.699. The van der Waals surface area contributed by atoms with Gasteiger partial charge < -0.3 is 5.32 Å². The van der Waals surface area contributed by atoms with Crippen LogP contribution >= 0.6 is 0 Å². The molecule has 1 N–H and O–H groups in total. The van der Waals surface area contributed by atoms with Gasteiger partial charge in [-0.15, -0.1) is 6.42 Å². The molecular weight excluding hydrogens is 122 g/mol. The lowest BCUT2D eigenvalue weighted by molar-refractivity contribution is 0.634. The molecule has 0 heterocycles. The van der Waals surface area contributed by atoms with Crippen molar-refractivity contribution < 1.29 is 0 Å². The Morgan fingerprint density at radius 1 is 1.30 bits per heavy atom. The van der Waals surface area contributed by atoms with Crippen LogP contribution in [0.3, 0.4) is 0 Å². The second kappa shape index (κ2) is 8.52. The highest BCUT2D eigenvalue weighted by Crippen LogP contribution is 1.96. The molecule has 0 aromatic heterocycles. The second-order valence-electron chi connectivity index (χ2n) is 2.30. The van der Waals surface area contributed by atoms with Gasteiger partial charge in [0, 0.05) is 0 Å². The highest BCUT2D eigenvalue weighted by atomic mass is 14.8. The molecule has 0 spiro atoms. The Morgan fingerprint density at radius 2 is 2.10 bits per heavy atom. The predicted molar refractivity (Wildman–Crippen MR) is 45.5 cm³/mol. The summed E-state index contributed by atoms with van der Waals surface area (Å²) in [5.41, 5.74) is 0. The molecule has 0 bridgehead atoms. The third kappa shape index (κ3) is 7.52. The van der Waals surface area contributed by atoms with Crippen molar-refractivity contribution in [2.75, 3.05) is 13.1 Å². The summed E-state index contributed by atoms with van der Waals surface area (Å²) in [4.78, 5) is 0. The lowest BCUT2D eigenvalue weighted by atomic mass is 10.2. The van der Waals surface area contributed by atoms with Crippen LogP contribution in [0.1, 0.15) is 25.7 Å². The lowest BCUT2D eigenvalue weighted by Gasteiger charge is -1.98. The standard InChI is InChI=1S/C9H16N/c1-3-5-6-7-9-10-8-4-2/h2,10H,1,3,5-9H2. The van der Waals surface area contributed by atoms with Gasteiger partial charge in [0.15, 0.2) is 0 Å². The Bertz CT molecular complexity index is 91.4. The van der Waals surface area contributed by atoms with E-state index in [1.54, 1.807) is 0 Å². The summed E-state index contributed by atoms with van der Waals surface area (Å²) in [5, 5.41) is 3.14. The van der Waals surface area contributed by atoms with Crippen molar-refractivity contribution in [3.63, 3.8) is 0 Å². The molecule has 0 unspecified atom stereocenters. The predicted octanol–water partition coefficient (Wildman–Crippen LogP) is 1.60. The van der Waals surface area contributed by atoms with Gasteiger partial charge in [0.25, 0.3) is 0 Å². The smallest absolute Gasteiger partial charge is 0.0573 e. The summed E-state index contributed by atoms with van der Waals surface area (Å²) in [6.45, 7) is 5.51. The van der Waals surface area contributed by atoms with Crippen LogP contribution in [0, 0.1) is 19.3 Å². The van der Waals surface area contributed by atoms with Gasteiger partial charge in [-0.3, -0.25) is 0 Å². The molecular formula is C9H16N. The number of terminal acetylenes is 1. The van der Waals surface area contributed by atoms with E-state index in [4.69, 9.17) is 6.42 Å². The van der Waals surface area contributed by atoms with Gasteiger partial charge in [-0.2, -0.15) is 0 Å². The zero-order chi connectivity index (χ0) is 7.66. The van der Waals surface area contributed by atoms with Gasteiger partial charge in [-0.05, 0) is 13.0 Å². The Morgan fingerprint density at radius 3 is 2.70 bits per heavy atom. The molecule has 0 saturated heterocycles. The van der Waals surface area contributed by atoms with E-state index in [1.807, 2.05) is 0 Å². The Labute approximate surface area is 64.2 Å². The summed E-state index contributed by atoms with van der Waals surface area (Å²) in [6.07, 6.45) is 9.82. The summed E-state index contributed by atoms with van der Waals surface area (Å²) in [5.74, 6) is 2.54. The van der Waals surface area contributed by atoms with Crippen molar-refractivity contribution >= 4 is 0 Å². The van der Waals surface area contributed by atoms with Crippen molar-refractivity contribution in [2.24, 2.45) is 0 Å². The van der Waals surface area contributed by atoms with E-state index in [0.29, 0.717) is 6.54 Å². The number of rotatable bonds is 6. The van der Waals surface area contributed by atoms with Crippen molar-refractivity contribution in [1.82, 2.24) is 5.32 Å². The molecule has 0 aliphatic rings. The zero-order valence-corrected chi connectivity index (χ0v) is 6.53. The van der Waals surface area contributed by atoms with Gasteiger partial charge in [0.2, 0.25) is 0 Å². The first-order valence-corrected chi connectivity index (χ1v) is 3.85. The van der Waals surface area contributed by atoms with E-state index in [-0.39, 0.29) is 0 Å². The molecule has 1 radical (unpaired) electrons. The van der Waals surface area contributed by atoms with E-state index < -0.39 is 0 Å². The molecule has 0 amide bonds. The summed E-state index contributed by atoms with van der Waals surface area (Å²) in [6, 6.07) is 0. The number of hydrogen-bond acceptors (Lipinski definition) is 1. The van der Waals surface area contributed by atoms with E-state index in [0.717, 1.165) is 13.0 Å². The molecule has 0 aromatic rings. The maximum Gasteiger partial charge on any atom is 0.0573 e. The zero-order valence-electron chi connectivity index (χ0n) is 6.53. The minimum Gasteiger partial charge on any atom is -0.306 e. The first kappa shape index (κ1) is 9.52. The summed E-state index contributed by atoms with van der Waals surface area (Å²) >= 11 is 0. The molecule has 0 aromatic carbocycles.